The summed E-state index contributed by atoms with van der Waals surface area (Å²) in [7, 11) is 1.59. The molecule has 0 radical (unpaired) electrons. The molecule has 2 heterocycles. The van der Waals surface area contributed by atoms with Gasteiger partial charge in [-0.2, -0.15) is 0 Å². The van der Waals surface area contributed by atoms with Crippen molar-refractivity contribution in [1.29, 1.82) is 0 Å². The first-order valence-corrected chi connectivity index (χ1v) is 14.1. The minimum atomic E-state index is -0.569. The number of rotatable bonds is 8. The van der Waals surface area contributed by atoms with E-state index in [9.17, 15) is 19.7 Å². The number of ether oxygens (including phenoxy) is 1. The number of anilines is 3. The average Bonchev–Trinajstić information content (AvgIpc) is 3.01. The van der Waals surface area contributed by atoms with Crippen molar-refractivity contribution in [2.45, 2.75) is 33.1 Å². The number of benzene rings is 3. The molecule has 0 aliphatic rings. The lowest BCUT2D eigenvalue weighted by Gasteiger charge is -2.19. The molecule has 0 bridgehead atoms. The van der Waals surface area contributed by atoms with Gasteiger partial charge >= 0.3 is 5.69 Å². The Bertz CT molecular complexity index is 1950. The molecule has 0 aliphatic heterocycles. The Balaban J connectivity index is 1.42. The summed E-state index contributed by atoms with van der Waals surface area (Å²) < 4.78 is 7.03. The minimum absolute atomic E-state index is 0.0211. The van der Waals surface area contributed by atoms with Crippen LogP contribution >= 0.6 is 0 Å². The van der Waals surface area contributed by atoms with E-state index in [1.165, 1.54) is 22.9 Å². The molecule has 0 aliphatic carbocycles. The maximum absolute atomic E-state index is 13.1. The second-order valence-electron chi connectivity index (χ2n) is 11.5. The van der Waals surface area contributed by atoms with Crippen LogP contribution in [-0.4, -0.2) is 25.4 Å². The van der Waals surface area contributed by atoms with Gasteiger partial charge in [-0.15, -0.1) is 0 Å². The van der Waals surface area contributed by atoms with E-state index in [1.54, 1.807) is 49.8 Å². The predicted molar refractivity (Wildman–Crippen MR) is 173 cm³/mol. The van der Waals surface area contributed by atoms with Crippen LogP contribution in [0.5, 0.6) is 11.5 Å². The first-order chi connectivity index (χ1) is 21.4. The van der Waals surface area contributed by atoms with Crippen molar-refractivity contribution in [2.75, 3.05) is 10.6 Å². The molecule has 0 saturated carbocycles. The molecule has 0 atom stereocenters. The molecule has 11 nitrogen and oxygen atoms in total. The second kappa shape index (κ2) is 12.4. The lowest BCUT2D eigenvalue weighted by molar-refractivity contribution is -0.385. The smallest absolute Gasteiger partial charge is 0.313 e. The van der Waals surface area contributed by atoms with Crippen LogP contribution in [-0.2, 0) is 12.5 Å². The van der Waals surface area contributed by atoms with Crippen LogP contribution in [0.1, 0.15) is 42.3 Å². The molecule has 0 fully saturated rings. The first-order valence-electron chi connectivity index (χ1n) is 14.1. The van der Waals surface area contributed by atoms with Crippen LogP contribution in [0.2, 0.25) is 0 Å². The van der Waals surface area contributed by atoms with Gasteiger partial charge in [-0.3, -0.25) is 24.7 Å². The van der Waals surface area contributed by atoms with Gasteiger partial charge in [0.15, 0.2) is 5.82 Å². The SMILES string of the molecule is Cc1c(NC(=O)c2ccc(C(C)(C)C)cc2)cccc1-c1cn(C)c(=O)c(Nc2ccc(Oc3cccnc3)c([N+](=O)[O-])c2)n1. The summed E-state index contributed by atoms with van der Waals surface area (Å²) in [4.78, 5) is 45.9. The maximum atomic E-state index is 13.1. The molecular formula is C34H32N6O5. The van der Waals surface area contributed by atoms with Gasteiger partial charge in [0.2, 0.25) is 5.75 Å². The Hall–Kier alpha value is -5.84. The quantitative estimate of drug-likeness (QED) is 0.141. The average molecular weight is 605 g/mol. The van der Waals surface area contributed by atoms with Gasteiger partial charge in [0.25, 0.3) is 11.5 Å². The van der Waals surface area contributed by atoms with Crippen molar-refractivity contribution >= 4 is 28.8 Å². The fourth-order valence-corrected chi connectivity index (χ4v) is 4.68. The van der Waals surface area contributed by atoms with Gasteiger partial charge in [0.05, 0.1) is 16.8 Å². The molecule has 3 aromatic carbocycles. The van der Waals surface area contributed by atoms with Gasteiger partial charge in [-0.25, -0.2) is 4.98 Å². The van der Waals surface area contributed by atoms with E-state index in [0.717, 1.165) is 11.1 Å². The van der Waals surface area contributed by atoms with Crippen LogP contribution in [0.15, 0.2) is 96.2 Å². The number of aryl methyl sites for hydroxylation is 1. The van der Waals surface area contributed by atoms with E-state index < -0.39 is 10.5 Å². The third-order valence-electron chi connectivity index (χ3n) is 7.22. The van der Waals surface area contributed by atoms with Crippen LogP contribution in [0.25, 0.3) is 11.3 Å². The van der Waals surface area contributed by atoms with Crippen molar-refractivity contribution in [2.24, 2.45) is 7.05 Å². The zero-order valence-corrected chi connectivity index (χ0v) is 25.5. The second-order valence-corrected chi connectivity index (χ2v) is 11.5. The topological polar surface area (TPSA) is 141 Å². The van der Waals surface area contributed by atoms with E-state index in [0.29, 0.717) is 28.3 Å². The Labute approximate surface area is 259 Å². The van der Waals surface area contributed by atoms with E-state index in [1.807, 2.05) is 37.3 Å². The van der Waals surface area contributed by atoms with Crippen molar-refractivity contribution in [3.63, 3.8) is 0 Å². The molecule has 2 aromatic heterocycles. The van der Waals surface area contributed by atoms with Crippen molar-refractivity contribution in [1.82, 2.24) is 14.5 Å². The van der Waals surface area contributed by atoms with Crippen LogP contribution in [0.4, 0.5) is 22.9 Å². The lowest BCUT2D eigenvalue weighted by atomic mass is 9.86. The molecule has 1 amide bonds. The number of nitro groups is 1. The number of nitrogens with zero attached hydrogens (tertiary/aromatic N) is 4. The molecule has 0 unspecified atom stereocenters. The number of carbonyl (C=O) groups excluding carboxylic acids is 1. The fraction of sp³-hybridized carbons (Fsp3) is 0.176. The number of amides is 1. The molecule has 228 valence electrons. The zero-order valence-electron chi connectivity index (χ0n) is 25.5. The molecule has 5 aromatic rings. The highest BCUT2D eigenvalue weighted by atomic mass is 16.6. The first kappa shape index (κ1) is 30.6. The molecular weight excluding hydrogens is 572 g/mol. The van der Waals surface area contributed by atoms with Crippen LogP contribution < -0.4 is 20.9 Å². The number of pyridine rings is 1. The number of hydrogen-bond acceptors (Lipinski definition) is 8. The fourth-order valence-electron chi connectivity index (χ4n) is 4.68. The Morgan fingerprint density at radius 1 is 1.02 bits per heavy atom. The third kappa shape index (κ3) is 6.88. The monoisotopic (exact) mass is 604 g/mol. The normalized spacial score (nSPS) is 11.1. The lowest BCUT2D eigenvalue weighted by Crippen LogP contribution is -2.21. The highest BCUT2D eigenvalue weighted by Crippen LogP contribution is 2.34. The van der Waals surface area contributed by atoms with Crippen molar-refractivity contribution < 1.29 is 14.5 Å². The zero-order chi connectivity index (χ0) is 32.3. The van der Waals surface area contributed by atoms with E-state index in [2.05, 4.69) is 41.4 Å². The van der Waals surface area contributed by atoms with Crippen LogP contribution in [0, 0.1) is 17.0 Å². The Morgan fingerprint density at radius 3 is 2.44 bits per heavy atom. The van der Waals surface area contributed by atoms with Crippen LogP contribution in [0.3, 0.4) is 0 Å². The van der Waals surface area contributed by atoms with E-state index >= 15 is 0 Å². The van der Waals surface area contributed by atoms with Gasteiger partial charge in [-0.1, -0.05) is 45.0 Å². The molecule has 11 heteroatoms. The summed E-state index contributed by atoms with van der Waals surface area (Å²) in [6.45, 7) is 8.21. The number of nitrogens with one attached hydrogen (secondary N) is 2. The highest BCUT2D eigenvalue weighted by Gasteiger charge is 2.20. The maximum Gasteiger partial charge on any atom is 0.313 e. The predicted octanol–water partition coefficient (Wildman–Crippen LogP) is 7.14. The highest BCUT2D eigenvalue weighted by molar-refractivity contribution is 6.05. The largest absolute Gasteiger partial charge is 0.449 e. The number of carbonyl (C=O) groups is 1. The van der Waals surface area contributed by atoms with Gasteiger partial charge in [-0.05, 0) is 65.9 Å². The molecule has 5 rings (SSSR count). The van der Waals surface area contributed by atoms with E-state index in [4.69, 9.17) is 4.74 Å². The van der Waals surface area contributed by atoms with Gasteiger partial charge in [0.1, 0.15) is 5.75 Å². The number of aromatic nitrogens is 3. The molecule has 2 N–H and O–H groups in total. The van der Waals surface area contributed by atoms with Crippen molar-refractivity contribution in [3.05, 3.63) is 129 Å². The Morgan fingerprint density at radius 2 is 1.78 bits per heavy atom. The summed E-state index contributed by atoms with van der Waals surface area (Å²) in [5, 5.41) is 17.7. The third-order valence-corrected chi connectivity index (χ3v) is 7.22. The molecule has 0 spiro atoms. The van der Waals surface area contributed by atoms with Crippen molar-refractivity contribution in [3.8, 4) is 22.8 Å². The summed E-state index contributed by atoms with van der Waals surface area (Å²) in [6.07, 6.45) is 4.61. The summed E-state index contributed by atoms with van der Waals surface area (Å²) in [6, 6.07) is 20.5. The standard InChI is InChI=1S/C34H32N6O5/c1-21-26(9-6-10-27(21)38-32(41)22-11-13-23(14-12-22)34(2,3)4)28-20-39(5)33(42)31(37-28)36-24-15-16-30(29(18-24)40(43)44)45-25-8-7-17-35-19-25/h6-20H,1-5H3,(H,36,37)(H,38,41). The van der Waals surface area contributed by atoms with E-state index in [-0.39, 0.29) is 34.3 Å². The van der Waals surface area contributed by atoms with Gasteiger partial charge in [0, 0.05) is 48.0 Å². The molecule has 45 heavy (non-hydrogen) atoms. The minimum Gasteiger partial charge on any atom is -0.449 e. The number of hydrogen-bond donors (Lipinski definition) is 2. The summed E-state index contributed by atoms with van der Waals surface area (Å²) in [5.41, 5.74) is 3.69. The Kier molecular flexibility index (Phi) is 8.44. The summed E-state index contributed by atoms with van der Waals surface area (Å²) >= 11 is 0. The van der Waals surface area contributed by atoms with Gasteiger partial charge < -0.3 is 19.9 Å². The number of nitro benzene ring substituents is 1. The molecule has 0 saturated heterocycles. The summed E-state index contributed by atoms with van der Waals surface area (Å²) in [5.74, 6) is 0.0895.